The fraction of sp³-hybridized carbons (Fsp3) is 0.417. The van der Waals surface area contributed by atoms with Crippen LogP contribution in [0.2, 0.25) is 0 Å². The zero-order valence-corrected chi connectivity index (χ0v) is 11.6. The number of hydrogen-bond donors (Lipinski definition) is 2. The lowest BCUT2D eigenvalue weighted by molar-refractivity contribution is 0.0697. The minimum atomic E-state index is -3.41. The molecule has 0 saturated carbocycles. The second-order valence-electron chi connectivity index (χ2n) is 4.15. The van der Waals surface area contributed by atoms with E-state index in [-0.39, 0.29) is 24.0 Å². The van der Waals surface area contributed by atoms with Gasteiger partial charge in [-0.05, 0) is 24.6 Å². The standard InChI is InChI=1S/C12H17NO5S/c1-9(18-2)8-19(16,17)13-7-10-3-5-11(6-4-10)12(14)15/h3-6,9,13H,7-8H2,1-2H3,(H,14,15). The summed E-state index contributed by atoms with van der Waals surface area (Å²) < 4.78 is 30.7. The molecule has 0 spiro atoms. The van der Waals surface area contributed by atoms with Crippen LogP contribution in [0.1, 0.15) is 22.8 Å². The van der Waals surface area contributed by atoms with Crippen molar-refractivity contribution in [3.05, 3.63) is 35.4 Å². The Labute approximate surface area is 112 Å². The molecule has 1 unspecified atom stereocenters. The second kappa shape index (κ2) is 6.65. The van der Waals surface area contributed by atoms with Crippen LogP contribution in [0.4, 0.5) is 0 Å². The lowest BCUT2D eigenvalue weighted by Gasteiger charge is -2.11. The number of methoxy groups -OCH3 is 1. The van der Waals surface area contributed by atoms with Crippen molar-refractivity contribution in [3.8, 4) is 0 Å². The van der Waals surface area contributed by atoms with Crippen LogP contribution in [-0.2, 0) is 21.3 Å². The van der Waals surface area contributed by atoms with Crippen LogP contribution in [0.5, 0.6) is 0 Å². The molecule has 0 aliphatic rings. The third kappa shape index (κ3) is 5.37. The number of carboxylic acid groups (broad SMARTS) is 1. The highest BCUT2D eigenvalue weighted by molar-refractivity contribution is 7.89. The van der Waals surface area contributed by atoms with Gasteiger partial charge in [-0.3, -0.25) is 0 Å². The summed E-state index contributed by atoms with van der Waals surface area (Å²) >= 11 is 0. The molecule has 106 valence electrons. The van der Waals surface area contributed by atoms with Gasteiger partial charge in [-0.25, -0.2) is 17.9 Å². The summed E-state index contributed by atoms with van der Waals surface area (Å²) in [6, 6.07) is 6.02. The Morgan fingerprint density at radius 2 is 1.95 bits per heavy atom. The van der Waals surface area contributed by atoms with Crippen molar-refractivity contribution in [1.29, 1.82) is 0 Å². The van der Waals surface area contributed by atoms with E-state index in [4.69, 9.17) is 9.84 Å². The second-order valence-corrected chi connectivity index (χ2v) is 6.00. The summed E-state index contributed by atoms with van der Waals surface area (Å²) in [5, 5.41) is 8.74. The van der Waals surface area contributed by atoms with Gasteiger partial charge in [0.05, 0.1) is 17.4 Å². The Kier molecular flexibility index (Phi) is 5.46. The van der Waals surface area contributed by atoms with Crippen molar-refractivity contribution in [3.63, 3.8) is 0 Å². The fourth-order valence-corrected chi connectivity index (χ4v) is 2.65. The quantitative estimate of drug-likeness (QED) is 0.775. The first-order chi connectivity index (χ1) is 8.84. The van der Waals surface area contributed by atoms with Crippen molar-refractivity contribution in [1.82, 2.24) is 4.72 Å². The maximum Gasteiger partial charge on any atom is 0.335 e. The Balaban J connectivity index is 2.59. The van der Waals surface area contributed by atoms with E-state index >= 15 is 0 Å². The number of carbonyl (C=O) groups is 1. The Morgan fingerprint density at radius 3 is 2.42 bits per heavy atom. The van der Waals surface area contributed by atoms with Crippen LogP contribution in [0.15, 0.2) is 24.3 Å². The van der Waals surface area contributed by atoms with Crippen LogP contribution in [-0.4, -0.2) is 38.5 Å². The molecule has 1 rings (SSSR count). The van der Waals surface area contributed by atoms with E-state index < -0.39 is 16.0 Å². The van der Waals surface area contributed by atoms with Gasteiger partial charge in [-0.1, -0.05) is 12.1 Å². The predicted octanol–water partition coefficient (Wildman–Crippen LogP) is 0.839. The van der Waals surface area contributed by atoms with E-state index in [1.165, 1.54) is 19.2 Å². The van der Waals surface area contributed by atoms with Crippen molar-refractivity contribution in [2.45, 2.75) is 19.6 Å². The van der Waals surface area contributed by atoms with E-state index in [1.807, 2.05) is 0 Å². The molecular weight excluding hydrogens is 270 g/mol. The zero-order chi connectivity index (χ0) is 14.5. The van der Waals surface area contributed by atoms with E-state index in [0.717, 1.165) is 0 Å². The summed E-state index contributed by atoms with van der Waals surface area (Å²) in [5.74, 6) is -1.13. The van der Waals surface area contributed by atoms with Crippen molar-refractivity contribution in [2.75, 3.05) is 12.9 Å². The molecule has 0 aliphatic heterocycles. The maximum atomic E-state index is 11.7. The third-order valence-electron chi connectivity index (χ3n) is 2.55. The lowest BCUT2D eigenvalue weighted by Crippen LogP contribution is -2.31. The van der Waals surface area contributed by atoms with Gasteiger partial charge < -0.3 is 9.84 Å². The van der Waals surface area contributed by atoms with Crippen molar-refractivity contribution >= 4 is 16.0 Å². The molecule has 0 bridgehead atoms. The topological polar surface area (TPSA) is 92.7 Å². The largest absolute Gasteiger partial charge is 0.478 e. The van der Waals surface area contributed by atoms with Crippen molar-refractivity contribution < 1.29 is 23.1 Å². The predicted molar refractivity (Wildman–Crippen MR) is 70.5 cm³/mol. The van der Waals surface area contributed by atoms with Crippen molar-refractivity contribution in [2.24, 2.45) is 0 Å². The first kappa shape index (κ1) is 15.6. The zero-order valence-electron chi connectivity index (χ0n) is 10.8. The first-order valence-corrected chi connectivity index (χ1v) is 7.31. The molecule has 0 amide bonds. The molecule has 0 aliphatic carbocycles. The van der Waals surface area contributed by atoms with Gasteiger partial charge in [-0.15, -0.1) is 0 Å². The molecule has 1 atom stereocenters. The van der Waals surface area contributed by atoms with E-state index in [2.05, 4.69) is 4.72 Å². The summed E-state index contributed by atoms with van der Waals surface area (Å²) in [7, 11) is -1.96. The number of rotatable bonds is 7. The minimum Gasteiger partial charge on any atom is -0.478 e. The van der Waals surface area contributed by atoms with E-state index in [9.17, 15) is 13.2 Å². The van der Waals surface area contributed by atoms with Crippen LogP contribution >= 0.6 is 0 Å². The summed E-state index contributed by atoms with van der Waals surface area (Å²) in [6.45, 7) is 1.79. The Hall–Kier alpha value is -1.44. The van der Waals surface area contributed by atoms with Gasteiger partial charge in [0.2, 0.25) is 10.0 Å². The number of carboxylic acids is 1. The van der Waals surface area contributed by atoms with E-state index in [0.29, 0.717) is 5.56 Å². The number of benzene rings is 1. The van der Waals surface area contributed by atoms with Crippen LogP contribution in [0, 0.1) is 0 Å². The third-order valence-corrected chi connectivity index (χ3v) is 4.05. The average Bonchev–Trinajstić information content (AvgIpc) is 2.36. The monoisotopic (exact) mass is 287 g/mol. The lowest BCUT2D eigenvalue weighted by atomic mass is 10.1. The smallest absolute Gasteiger partial charge is 0.335 e. The molecule has 0 aromatic heterocycles. The molecule has 0 saturated heterocycles. The average molecular weight is 287 g/mol. The summed E-state index contributed by atoms with van der Waals surface area (Å²) in [4.78, 5) is 10.7. The highest BCUT2D eigenvalue weighted by Crippen LogP contribution is 2.05. The van der Waals surface area contributed by atoms with E-state index in [1.54, 1.807) is 19.1 Å². The van der Waals surface area contributed by atoms with Crippen LogP contribution in [0.25, 0.3) is 0 Å². The SMILES string of the molecule is COC(C)CS(=O)(=O)NCc1ccc(C(=O)O)cc1. The normalized spacial score (nSPS) is 13.2. The first-order valence-electron chi connectivity index (χ1n) is 5.66. The maximum absolute atomic E-state index is 11.7. The molecule has 2 N–H and O–H groups in total. The number of sulfonamides is 1. The van der Waals surface area contributed by atoms with Gasteiger partial charge in [0.15, 0.2) is 0 Å². The van der Waals surface area contributed by atoms with Gasteiger partial charge in [0, 0.05) is 13.7 Å². The highest BCUT2D eigenvalue weighted by Gasteiger charge is 2.14. The van der Waals surface area contributed by atoms with Gasteiger partial charge in [-0.2, -0.15) is 0 Å². The minimum absolute atomic E-state index is 0.114. The van der Waals surface area contributed by atoms with Gasteiger partial charge in [0.1, 0.15) is 0 Å². The molecular formula is C12H17NO5S. The Morgan fingerprint density at radius 1 is 1.37 bits per heavy atom. The highest BCUT2D eigenvalue weighted by atomic mass is 32.2. The molecule has 6 nitrogen and oxygen atoms in total. The molecule has 0 fully saturated rings. The Bertz CT molecular complexity index is 524. The molecule has 1 aromatic carbocycles. The number of ether oxygens (including phenoxy) is 1. The molecule has 0 heterocycles. The number of aromatic carboxylic acids is 1. The van der Waals surface area contributed by atoms with Crippen LogP contribution < -0.4 is 4.72 Å². The fourth-order valence-electron chi connectivity index (χ4n) is 1.39. The van der Waals surface area contributed by atoms with Crippen LogP contribution in [0.3, 0.4) is 0 Å². The molecule has 1 aromatic rings. The molecule has 7 heteroatoms. The molecule has 19 heavy (non-hydrogen) atoms. The van der Waals surface area contributed by atoms with Gasteiger partial charge >= 0.3 is 5.97 Å². The molecule has 0 radical (unpaired) electrons. The number of hydrogen-bond acceptors (Lipinski definition) is 4. The van der Waals surface area contributed by atoms with Gasteiger partial charge in [0.25, 0.3) is 0 Å². The summed E-state index contributed by atoms with van der Waals surface area (Å²) in [6.07, 6.45) is -0.383. The number of nitrogens with one attached hydrogen (secondary N) is 1. The summed E-state index contributed by atoms with van der Waals surface area (Å²) in [5.41, 5.74) is 0.859.